The molecule has 0 radical (unpaired) electrons. The molecule has 0 bridgehead atoms. The predicted molar refractivity (Wildman–Crippen MR) is 107 cm³/mol. The number of amides is 1. The van der Waals surface area contributed by atoms with Crippen LogP contribution in [0.3, 0.4) is 0 Å². The van der Waals surface area contributed by atoms with Gasteiger partial charge < -0.3 is 19.8 Å². The average molecular weight is 394 g/mol. The van der Waals surface area contributed by atoms with E-state index < -0.39 is 5.97 Å². The maximum Gasteiger partial charge on any atom is 0.340 e. The summed E-state index contributed by atoms with van der Waals surface area (Å²) in [6, 6.07) is 7.18. The van der Waals surface area contributed by atoms with E-state index >= 15 is 0 Å². The van der Waals surface area contributed by atoms with E-state index in [4.69, 9.17) is 9.47 Å². The van der Waals surface area contributed by atoms with E-state index in [0.29, 0.717) is 34.0 Å². The summed E-state index contributed by atoms with van der Waals surface area (Å²) in [5.41, 5.74) is 3.29. The predicted octanol–water partition coefficient (Wildman–Crippen LogP) is 3.95. The number of nitrogens with one attached hydrogen (secondary N) is 2. The van der Waals surface area contributed by atoms with Gasteiger partial charge in [0.1, 0.15) is 11.4 Å². The monoisotopic (exact) mass is 394 g/mol. The third-order valence-corrected chi connectivity index (χ3v) is 4.34. The van der Waals surface area contributed by atoms with Crippen molar-refractivity contribution in [1.29, 1.82) is 0 Å². The van der Waals surface area contributed by atoms with Crippen LogP contribution in [-0.2, 0) is 4.74 Å². The maximum absolute atomic E-state index is 12.8. The molecule has 0 aliphatic carbocycles. The van der Waals surface area contributed by atoms with Crippen LogP contribution >= 0.6 is 0 Å². The SMILES string of the molecule is CCOC(=O)c1c(C)[nH]c(C(=O)Nc2ccc(Oc3ncccn3)cc2C)c1C. The molecule has 150 valence electrons. The van der Waals surface area contributed by atoms with Crippen molar-refractivity contribution in [3.05, 3.63) is 64.7 Å². The summed E-state index contributed by atoms with van der Waals surface area (Å²) >= 11 is 0. The van der Waals surface area contributed by atoms with Crippen LogP contribution in [0, 0.1) is 20.8 Å². The molecule has 8 heteroatoms. The molecule has 0 saturated carbocycles. The number of nitrogens with zero attached hydrogens (tertiary/aromatic N) is 2. The highest BCUT2D eigenvalue weighted by molar-refractivity contribution is 6.07. The minimum Gasteiger partial charge on any atom is -0.462 e. The van der Waals surface area contributed by atoms with Gasteiger partial charge in [0.05, 0.1) is 12.2 Å². The number of hydrogen-bond donors (Lipinski definition) is 2. The van der Waals surface area contributed by atoms with E-state index in [1.54, 1.807) is 57.4 Å². The van der Waals surface area contributed by atoms with Gasteiger partial charge in [0.2, 0.25) is 0 Å². The number of aromatic nitrogens is 3. The van der Waals surface area contributed by atoms with Crippen LogP contribution in [0.1, 0.15) is 44.6 Å². The first-order chi connectivity index (χ1) is 13.9. The zero-order chi connectivity index (χ0) is 21.0. The van der Waals surface area contributed by atoms with Crippen molar-refractivity contribution in [2.75, 3.05) is 11.9 Å². The first-order valence-electron chi connectivity index (χ1n) is 9.13. The maximum atomic E-state index is 12.8. The first kappa shape index (κ1) is 20.1. The smallest absolute Gasteiger partial charge is 0.340 e. The minimum atomic E-state index is -0.446. The molecule has 2 aromatic heterocycles. The lowest BCUT2D eigenvalue weighted by Gasteiger charge is -2.10. The van der Waals surface area contributed by atoms with Gasteiger partial charge in [0.15, 0.2) is 0 Å². The number of hydrogen-bond acceptors (Lipinski definition) is 6. The fraction of sp³-hybridized carbons (Fsp3) is 0.238. The van der Waals surface area contributed by atoms with Crippen LogP contribution in [0.4, 0.5) is 5.69 Å². The summed E-state index contributed by atoms with van der Waals surface area (Å²) in [6.07, 6.45) is 3.18. The second-order valence-corrected chi connectivity index (χ2v) is 6.41. The molecular weight excluding hydrogens is 372 g/mol. The van der Waals surface area contributed by atoms with Gasteiger partial charge in [-0.2, -0.15) is 0 Å². The van der Waals surface area contributed by atoms with Gasteiger partial charge in [-0.05, 0) is 63.1 Å². The largest absolute Gasteiger partial charge is 0.462 e. The summed E-state index contributed by atoms with van der Waals surface area (Å²) in [6.45, 7) is 7.31. The number of esters is 1. The lowest BCUT2D eigenvalue weighted by Crippen LogP contribution is -2.15. The molecule has 0 atom stereocenters. The number of H-pyrrole nitrogens is 1. The van der Waals surface area contributed by atoms with Gasteiger partial charge in [0.25, 0.3) is 5.91 Å². The molecule has 0 unspecified atom stereocenters. The first-order valence-corrected chi connectivity index (χ1v) is 9.13. The number of carbonyl (C=O) groups is 2. The molecular formula is C21H22N4O4. The Hall–Kier alpha value is -3.68. The molecule has 1 amide bonds. The third kappa shape index (κ3) is 4.43. The molecule has 3 rings (SSSR count). The highest BCUT2D eigenvalue weighted by Crippen LogP contribution is 2.25. The number of ether oxygens (including phenoxy) is 2. The van der Waals surface area contributed by atoms with Crippen molar-refractivity contribution >= 4 is 17.6 Å². The summed E-state index contributed by atoms with van der Waals surface area (Å²) < 4.78 is 10.7. The van der Waals surface area contributed by atoms with Crippen LogP contribution in [-0.4, -0.2) is 33.4 Å². The second-order valence-electron chi connectivity index (χ2n) is 6.41. The lowest BCUT2D eigenvalue weighted by atomic mass is 10.1. The number of benzene rings is 1. The number of aryl methyl sites for hydroxylation is 2. The standard InChI is InChI=1S/C21H22N4O4/c1-5-28-20(27)17-13(3)18(24-14(17)4)19(26)25-16-8-7-15(11-12(16)2)29-21-22-9-6-10-23-21/h6-11,24H,5H2,1-4H3,(H,25,26). The molecule has 0 spiro atoms. The molecule has 0 fully saturated rings. The molecule has 3 aromatic rings. The zero-order valence-electron chi connectivity index (χ0n) is 16.7. The Morgan fingerprint density at radius 1 is 1.14 bits per heavy atom. The zero-order valence-corrected chi connectivity index (χ0v) is 16.7. The summed E-state index contributed by atoms with van der Waals surface area (Å²) in [4.78, 5) is 35.9. The van der Waals surface area contributed by atoms with Gasteiger partial charge in [-0.3, -0.25) is 4.79 Å². The Bertz CT molecular complexity index is 1040. The molecule has 2 N–H and O–H groups in total. The minimum absolute atomic E-state index is 0.243. The van der Waals surface area contributed by atoms with Crippen LogP contribution in [0.2, 0.25) is 0 Å². The highest BCUT2D eigenvalue weighted by Gasteiger charge is 2.23. The van der Waals surface area contributed by atoms with Gasteiger partial charge in [-0.25, -0.2) is 14.8 Å². The van der Waals surface area contributed by atoms with Gasteiger partial charge in [0, 0.05) is 23.8 Å². The normalized spacial score (nSPS) is 10.5. The molecule has 1 aromatic carbocycles. The quantitative estimate of drug-likeness (QED) is 0.613. The second kappa shape index (κ2) is 8.55. The Morgan fingerprint density at radius 3 is 2.52 bits per heavy atom. The van der Waals surface area contributed by atoms with Crippen LogP contribution in [0.15, 0.2) is 36.7 Å². The lowest BCUT2D eigenvalue weighted by molar-refractivity contribution is 0.0525. The Labute approximate surface area is 168 Å². The molecule has 0 aliphatic rings. The third-order valence-electron chi connectivity index (χ3n) is 4.34. The van der Waals surface area contributed by atoms with E-state index in [-0.39, 0.29) is 18.5 Å². The number of anilines is 1. The van der Waals surface area contributed by atoms with Crippen molar-refractivity contribution < 1.29 is 19.1 Å². The van der Waals surface area contributed by atoms with Crippen LogP contribution in [0.5, 0.6) is 11.8 Å². The molecule has 0 saturated heterocycles. The van der Waals surface area contributed by atoms with Crippen molar-refractivity contribution in [3.63, 3.8) is 0 Å². The van der Waals surface area contributed by atoms with Crippen LogP contribution in [0.25, 0.3) is 0 Å². The topological polar surface area (TPSA) is 106 Å². The van der Waals surface area contributed by atoms with Gasteiger partial charge >= 0.3 is 12.0 Å². The number of rotatable bonds is 6. The highest BCUT2D eigenvalue weighted by atomic mass is 16.5. The van der Waals surface area contributed by atoms with Crippen molar-refractivity contribution in [2.45, 2.75) is 27.7 Å². The van der Waals surface area contributed by atoms with E-state index in [9.17, 15) is 9.59 Å². The fourth-order valence-corrected chi connectivity index (χ4v) is 2.95. The van der Waals surface area contributed by atoms with E-state index in [1.807, 2.05) is 6.92 Å². The van der Waals surface area contributed by atoms with Crippen molar-refractivity contribution in [2.24, 2.45) is 0 Å². The Morgan fingerprint density at radius 2 is 1.86 bits per heavy atom. The number of aromatic amines is 1. The van der Waals surface area contributed by atoms with Crippen molar-refractivity contribution in [1.82, 2.24) is 15.0 Å². The summed E-state index contributed by atoms with van der Waals surface area (Å²) in [5.74, 6) is -0.230. The van der Waals surface area contributed by atoms with Crippen LogP contribution < -0.4 is 10.1 Å². The number of carbonyl (C=O) groups excluding carboxylic acids is 2. The fourth-order valence-electron chi connectivity index (χ4n) is 2.95. The van der Waals surface area contributed by atoms with Crippen molar-refractivity contribution in [3.8, 4) is 11.8 Å². The molecule has 8 nitrogen and oxygen atoms in total. The van der Waals surface area contributed by atoms with Gasteiger partial charge in [-0.1, -0.05) is 0 Å². The summed E-state index contributed by atoms with van der Waals surface area (Å²) in [7, 11) is 0. The molecule has 2 heterocycles. The molecule has 0 aliphatic heterocycles. The average Bonchev–Trinajstić information content (AvgIpc) is 2.99. The summed E-state index contributed by atoms with van der Waals surface area (Å²) in [5, 5.41) is 2.86. The van der Waals surface area contributed by atoms with E-state index in [2.05, 4.69) is 20.3 Å². The van der Waals surface area contributed by atoms with E-state index in [1.165, 1.54) is 0 Å². The van der Waals surface area contributed by atoms with E-state index in [0.717, 1.165) is 5.56 Å². The Balaban J connectivity index is 1.77. The molecule has 29 heavy (non-hydrogen) atoms. The Kier molecular flexibility index (Phi) is 5.92. The van der Waals surface area contributed by atoms with Gasteiger partial charge in [-0.15, -0.1) is 0 Å².